The van der Waals surface area contributed by atoms with Crippen LogP contribution in [0.3, 0.4) is 0 Å². The third-order valence-electron chi connectivity index (χ3n) is 13.4. The van der Waals surface area contributed by atoms with E-state index in [-0.39, 0.29) is 0 Å². The molecule has 2 heterocycles. The zero-order chi connectivity index (χ0) is 43.6. The number of hydrogen-bond acceptors (Lipinski definition) is 4. The normalized spacial score (nSPS) is 12.7. The first-order chi connectivity index (χ1) is 32.7. The Morgan fingerprint density at radius 2 is 0.833 bits per heavy atom. The lowest BCUT2D eigenvalue weighted by atomic mass is 9.67. The van der Waals surface area contributed by atoms with Gasteiger partial charge in [-0.15, -0.1) is 11.3 Å². The molecule has 10 aromatic carbocycles. The lowest BCUT2D eigenvalue weighted by molar-refractivity contribution is 0.768. The van der Waals surface area contributed by atoms with Crippen molar-refractivity contribution in [2.24, 2.45) is 0 Å². The summed E-state index contributed by atoms with van der Waals surface area (Å²) < 4.78 is 2.59. The van der Waals surface area contributed by atoms with Crippen LogP contribution in [0.2, 0.25) is 0 Å². The van der Waals surface area contributed by atoms with E-state index >= 15 is 0 Å². The van der Waals surface area contributed by atoms with Gasteiger partial charge in [0.05, 0.1) is 5.41 Å². The summed E-state index contributed by atoms with van der Waals surface area (Å²) in [6.07, 6.45) is 0. The highest BCUT2D eigenvalue weighted by Gasteiger charge is 2.47. The van der Waals surface area contributed by atoms with E-state index in [1.165, 1.54) is 69.9 Å². The molecule has 0 spiro atoms. The summed E-state index contributed by atoms with van der Waals surface area (Å²) in [5.74, 6) is 1.89. The van der Waals surface area contributed by atoms with Gasteiger partial charge >= 0.3 is 0 Å². The van der Waals surface area contributed by atoms with Gasteiger partial charge in [-0.3, -0.25) is 0 Å². The second kappa shape index (κ2) is 15.4. The fourth-order valence-corrected chi connectivity index (χ4v) is 11.6. The van der Waals surface area contributed by atoms with Crippen LogP contribution in [0.15, 0.2) is 237 Å². The van der Waals surface area contributed by atoms with E-state index < -0.39 is 5.41 Å². The summed E-state index contributed by atoms with van der Waals surface area (Å²) in [5.41, 5.74) is 14.2. The maximum absolute atomic E-state index is 5.40. The summed E-state index contributed by atoms with van der Waals surface area (Å²) in [7, 11) is 0. The predicted molar refractivity (Wildman–Crippen MR) is 275 cm³/mol. The summed E-state index contributed by atoms with van der Waals surface area (Å²) in [5, 5.41) is 5.04. The number of thiophene rings is 1. The molecule has 0 bridgehead atoms. The molecule has 0 saturated carbocycles. The standard InChI is InChI=1S/C62H39N3S/c1-3-17-47(18-4-1)62(48-19-5-2-6-20-48)54-26-11-9-22-52(54)57-53(25-14-27-55(57)62)61-64-59(43-34-29-41(30-35-43)46-38-31-40-15-7-8-16-45(40)39-46)63-60(65-61)44-36-32-42(33-37-44)49-23-13-24-51-50-21-10-12-28-56(50)66-58(49)51/h1-39H. The van der Waals surface area contributed by atoms with E-state index in [1.54, 1.807) is 0 Å². The molecule has 12 aromatic rings. The quantitative estimate of drug-likeness (QED) is 0.160. The van der Waals surface area contributed by atoms with Gasteiger partial charge in [0.2, 0.25) is 0 Å². The molecule has 4 heteroatoms. The molecule has 0 unspecified atom stereocenters. The summed E-state index contributed by atoms with van der Waals surface area (Å²) in [6.45, 7) is 0. The maximum atomic E-state index is 5.40. The average Bonchev–Trinajstić information content (AvgIpc) is 3.93. The number of hydrogen-bond donors (Lipinski definition) is 0. The van der Waals surface area contributed by atoms with E-state index in [9.17, 15) is 0 Å². The van der Waals surface area contributed by atoms with Gasteiger partial charge in [0.1, 0.15) is 0 Å². The molecule has 2 aromatic heterocycles. The molecule has 0 radical (unpaired) electrons. The zero-order valence-electron chi connectivity index (χ0n) is 35.8. The van der Waals surface area contributed by atoms with Gasteiger partial charge in [-0.2, -0.15) is 0 Å². The average molecular weight is 858 g/mol. The number of nitrogens with zero attached hydrogens (tertiary/aromatic N) is 3. The van der Waals surface area contributed by atoms with E-state index in [1.807, 2.05) is 11.3 Å². The van der Waals surface area contributed by atoms with E-state index in [0.717, 1.165) is 33.4 Å². The van der Waals surface area contributed by atoms with Gasteiger partial charge in [-0.25, -0.2) is 15.0 Å². The first kappa shape index (κ1) is 38.2. The molecule has 1 aliphatic rings. The van der Waals surface area contributed by atoms with Crippen molar-refractivity contribution in [3.8, 4) is 67.5 Å². The highest BCUT2D eigenvalue weighted by Crippen LogP contribution is 2.58. The first-order valence-electron chi connectivity index (χ1n) is 22.4. The van der Waals surface area contributed by atoms with Crippen LogP contribution < -0.4 is 0 Å². The molecule has 0 fully saturated rings. The Balaban J connectivity index is 0.988. The van der Waals surface area contributed by atoms with Crippen LogP contribution in [0.1, 0.15) is 22.3 Å². The zero-order valence-corrected chi connectivity index (χ0v) is 36.6. The molecular formula is C62H39N3S. The van der Waals surface area contributed by atoms with Crippen molar-refractivity contribution in [1.29, 1.82) is 0 Å². The number of aromatic nitrogens is 3. The minimum Gasteiger partial charge on any atom is -0.208 e. The largest absolute Gasteiger partial charge is 0.208 e. The Labute approximate surface area is 387 Å². The fraction of sp³-hybridized carbons (Fsp3) is 0.0161. The highest BCUT2D eigenvalue weighted by atomic mass is 32.1. The lowest BCUT2D eigenvalue weighted by Crippen LogP contribution is -2.28. The molecule has 0 saturated heterocycles. The van der Waals surface area contributed by atoms with Crippen LogP contribution in [0.5, 0.6) is 0 Å². The topological polar surface area (TPSA) is 38.7 Å². The van der Waals surface area contributed by atoms with Gasteiger partial charge in [0.15, 0.2) is 17.5 Å². The maximum Gasteiger partial charge on any atom is 0.164 e. The Morgan fingerprint density at radius 1 is 0.318 bits per heavy atom. The molecule has 0 amide bonds. The lowest BCUT2D eigenvalue weighted by Gasteiger charge is -2.33. The van der Waals surface area contributed by atoms with E-state index in [4.69, 9.17) is 15.0 Å². The molecule has 0 N–H and O–H groups in total. The van der Waals surface area contributed by atoms with Crippen molar-refractivity contribution in [1.82, 2.24) is 15.0 Å². The summed E-state index contributed by atoms with van der Waals surface area (Å²) in [4.78, 5) is 16.0. The van der Waals surface area contributed by atoms with Crippen LogP contribution in [0.25, 0.3) is 98.5 Å². The van der Waals surface area contributed by atoms with Crippen LogP contribution in [-0.2, 0) is 5.41 Å². The van der Waals surface area contributed by atoms with E-state index in [0.29, 0.717) is 17.5 Å². The Kier molecular flexibility index (Phi) is 8.93. The summed E-state index contributed by atoms with van der Waals surface area (Å²) in [6, 6.07) is 85.2. The molecule has 1 aliphatic carbocycles. The van der Waals surface area contributed by atoms with Crippen molar-refractivity contribution in [2.75, 3.05) is 0 Å². The molecule has 66 heavy (non-hydrogen) atoms. The van der Waals surface area contributed by atoms with Crippen LogP contribution in [0, 0.1) is 0 Å². The van der Waals surface area contributed by atoms with Gasteiger partial charge in [0.25, 0.3) is 0 Å². The third kappa shape index (κ3) is 6.07. The predicted octanol–water partition coefficient (Wildman–Crippen LogP) is 16.1. The number of fused-ring (bicyclic) bond motifs is 7. The third-order valence-corrected chi connectivity index (χ3v) is 14.7. The SMILES string of the molecule is c1ccc(C2(c3ccccc3)c3ccccc3-c3c(-c4nc(-c5ccc(-c6ccc7ccccc7c6)cc5)nc(-c5ccc(-c6cccc7c6sc6ccccc67)cc5)n4)cccc32)cc1. The smallest absolute Gasteiger partial charge is 0.164 e. The first-order valence-corrected chi connectivity index (χ1v) is 23.2. The van der Waals surface area contributed by atoms with Crippen molar-refractivity contribution in [2.45, 2.75) is 5.41 Å². The van der Waals surface area contributed by atoms with Crippen LogP contribution >= 0.6 is 11.3 Å². The highest BCUT2D eigenvalue weighted by molar-refractivity contribution is 7.26. The monoisotopic (exact) mass is 857 g/mol. The van der Waals surface area contributed by atoms with Gasteiger partial charge in [-0.1, -0.05) is 224 Å². The Hall–Kier alpha value is -8.31. The van der Waals surface area contributed by atoms with Crippen molar-refractivity contribution >= 4 is 42.3 Å². The van der Waals surface area contributed by atoms with Crippen molar-refractivity contribution < 1.29 is 0 Å². The van der Waals surface area contributed by atoms with Gasteiger partial charge < -0.3 is 0 Å². The molecule has 3 nitrogen and oxygen atoms in total. The second-order valence-corrected chi connectivity index (χ2v) is 18.1. The Morgan fingerprint density at radius 3 is 1.58 bits per heavy atom. The fourth-order valence-electron chi connectivity index (χ4n) is 10.4. The summed E-state index contributed by atoms with van der Waals surface area (Å²) >= 11 is 1.85. The van der Waals surface area contributed by atoms with Gasteiger partial charge in [-0.05, 0) is 78.5 Å². The minimum absolute atomic E-state index is 0.547. The molecule has 0 atom stereocenters. The Bertz CT molecular complexity index is 3760. The molecular weight excluding hydrogens is 819 g/mol. The number of benzene rings is 10. The van der Waals surface area contributed by atoms with E-state index in [2.05, 4.69) is 237 Å². The van der Waals surface area contributed by atoms with Crippen LogP contribution in [0.4, 0.5) is 0 Å². The molecule has 308 valence electrons. The second-order valence-electron chi connectivity index (χ2n) is 17.1. The van der Waals surface area contributed by atoms with Crippen molar-refractivity contribution in [3.05, 3.63) is 259 Å². The van der Waals surface area contributed by atoms with Gasteiger partial charge in [0, 0.05) is 36.9 Å². The van der Waals surface area contributed by atoms with Crippen LogP contribution in [-0.4, -0.2) is 15.0 Å². The molecule has 0 aliphatic heterocycles. The number of rotatable bonds is 7. The molecule has 13 rings (SSSR count). The minimum atomic E-state index is -0.547. The van der Waals surface area contributed by atoms with Crippen molar-refractivity contribution in [3.63, 3.8) is 0 Å².